The van der Waals surface area contributed by atoms with Gasteiger partial charge in [-0.3, -0.25) is 0 Å². The number of halogens is 3. The molecule has 1 rings (SSSR count). The van der Waals surface area contributed by atoms with Gasteiger partial charge in [-0.25, -0.2) is 0 Å². The van der Waals surface area contributed by atoms with Crippen molar-refractivity contribution in [3.05, 3.63) is 42.0 Å². The first-order chi connectivity index (χ1) is 9.34. The minimum absolute atomic E-state index is 0.0203. The molecule has 0 aliphatic rings. The first-order valence-electron chi connectivity index (χ1n) is 5.95. The molecule has 104 valence electrons. The van der Waals surface area contributed by atoms with Gasteiger partial charge in [0.05, 0.1) is 12.1 Å². The molecule has 0 N–H and O–H groups in total. The highest BCUT2D eigenvalue weighted by Crippen LogP contribution is 2.33. The quantitative estimate of drug-likeness (QED) is 0.808. The molecule has 0 unspecified atom stereocenters. The van der Waals surface area contributed by atoms with E-state index in [0.29, 0.717) is 5.56 Å². The first kappa shape index (κ1) is 15.8. The molecule has 0 amide bonds. The molecule has 0 atom stereocenters. The fourth-order valence-electron chi connectivity index (χ4n) is 1.78. The Hall–Kier alpha value is -2.27. The minimum Gasteiger partial charge on any atom is -0.197 e. The van der Waals surface area contributed by atoms with E-state index in [2.05, 4.69) is 6.58 Å². The molecule has 0 radical (unpaired) electrons. The van der Waals surface area contributed by atoms with Gasteiger partial charge < -0.3 is 0 Å². The third-order valence-electron chi connectivity index (χ3n) is 2.98. The maximum absolute atomic E-state index is 12.3. The molecular formula is C15H13F3N2. The van der Waals surface area contributed by atoms with Gasteiger partial charge in [-0.05, 0) is 17.5 Å². The zero-order chi connectivity index (χ0) is 15.2. The van der Waals surface area contributed by atoms with Gasteiger partial charge in [0.1, 0.15) is 5.41 Å². The topological polar surface area (TPSA) is 47.6 Å². The molecule has 0 aliphatic carbocycles. The predicted molar refractivity (Wildman–Crippen MR) is 69.2 cm³/mol. The lowest BCUT2D eigenvalue weighted by atomic mass is 9.80. The van der Waals surface area contributed by atoms with Crippen LogP contribution in [0.25, 0.3) is 6.08 Å². The molecular weight excluding hydrogens is 265 g/mol. The van der Waals surface area contributed by atoms with E-state index in [1.807, 2.05) is 0 Å². The summed E-state index contributed by atoms with van der Waals surface area (Å²) in [7, 11) is 0. The number of rotatable bonds is 5. The lowest BCUT2D eigenvalue weighted by molar-refractivity contribution is -0.138. The van der Waals surface area contributed by atoms with Gasteiger partial charge in [0, 0.05) is 12.8 Å². The van der Waals surface area contributed by atoms with E-state index in [1.54, 1.807) is 42.5 Å². The van der Waals surface area contributed by atoms with Gasteiger partial charge in [0.2, 0.25) is 0 Å². The van der Waals surface area contributed by atoms with Crippen molar-refractivity contribution in [3.63, 3.8) is 0 Å². The van der Waals surface area contributed by atoms with Crippen LogP contribution in [0.15, 0.2) is 30.8 Å². The smallest absolute Gasteiger partial charge is 0.197 e. The highest BCUT2D eigenvalue weighted by molar-refractivity contribution is 5.47. The number of hydrogen-bond acceptors (Lipinski definition) is 2. The van der Waals surface area contributed by atoms with E-state index in [-0.39, 0.29) is 6.42 Å². The third kappa shape index (κ3) is 4.44. The van der Waals surface area contributed by atoms with Crippen LogP contribution in [-0.4, -0.2) is 6.18 Å². The molecule has 0 aliphatic heterocycles. The van der Waals surface area contributed by atoms with Crippen molar-refractivity contribution < 1.29 is 13.2 Å². The Labute approximate surface area is 115 Å². The number of benzene rings is 1. The second kappa shape index (κ2) is 6.25. The van der Waals surface area contributed by atoms with Crippen LogP contribution < -0.4 is 0 Å². The van der Waals surface area contributed by atoms with Gasteiger partial charge in [0.25, 0.3) is 0 Å². The SMILES string of the molecule is C=Cc1ccc(CC(C#N)(C#N)CCC(F)(F)F)cc1. The number of nitrogens with zero attached hydrogens (tertiary/aromatic N) is 2. The summed E-state index contributed by atoms with van der Waals surface area (Å²) >= 11 is 0. The van der Waals surface area contributed by atoms with Crippen molar-refractivity contribution in [2.75, 3.05) is 0 Å². The van der Waals surface area contributed by atoms with Crippen LogP contribution in [0.4, 0.5) is 13.2 Å². The van der Waals surface area contributed by atoms with E-state index in [9.17, 15) is 13.2 Å². The van der Waals surface area contributed by atoms with Crippen LogP contribution in [-0.2, 0) is 6.42 Å². The summed E-state index contributed by atoms with van der Waals surface area (Å²) in [5.74, 6) is 0. The van der Waals surface area contributed by atoms with E-state index >= 15 is 0 Å². The molecule has 20 heavy (non-hydrogen) atoms. The average molecular weight is 278 g/mol. The Balaban J connectivity index is 2.88. The van der Waals surface area contributed by atoms with Crippen molar-refractivity contribution in [2.24, 2.45) is 5.41 Å². The normalized spacial score (nSPS) is 11.4. The fourth-order valence-corrected chi connectivity index (χ4v) is 1.78. The molecule has 0 aromatic heterocycles. The summed E-state index contributed by atoms with van der Waals surface area (Å²) in [5.41, 5.74) is -0.130. The Bertz CT molecular complexity index is 530. The minimum atomic E-state index is -4.37. The standard InChI is InChI=1S/C15H13F3N2/c1-2-12-3-5-13(6-4-12)9-14(10-19,11-20)7-8-15(16,17)18/h2-6H,1,7-9H2. The van der Waals surface area contributed by atoms with Crippen LogP contribution in [0.3, 0.4) is 0 Å². The Morgan fingerprint density at radius 1 is 1.05 bits per heavy atom. The van der Waals surface area contributed by atoms with Gasteiger partial charge >= 0.3 is 6.18 Å². The van der Waals surface area contributed by atoms with E-state index < -0.39 is 24.4 Å². The lowest BCUT2D eigenvalue weighted by Crippen LogP contribution is -2.23. The molecule has 5 heteroatoms. The Morgan fingerprint density at radius 3 is 2.00 bits per heavy atom. The molecule has 0 saturated carbocycles. The lowest BCUT2D eigenvalue weighted by Gasteiger charge is -2.19. The summed E-state index contributed by atoms with van der Waals surface area (Å²) in [6, 6.07) is 10.3. The molecule has 1 aromatic rings. The molecule has 1 aromatic carbocycles. The maximum Gasteiger partial charge on any atom is 0.389 e. The van der Waals surface area contributed by atoms with E-state index in [0.717, 1.165) is 5.56 Å². The zero-order valence-electron chi connectivity index (χ0n) is 10.7. The van der Waals surface area contributed by atoms with Gasteiger partial charge in [-0.15, -0.1) is 0 Å². The largest absolute Gasteiger partial charge is 0.389 e. The van der Waals surface area contributed by atoms with Crippen molar-refractivity contribution in [1.82, 2.24) is 0 Å². The number of alkyl halides is 3. The Kier molecular flexibility index (Phi) is 4.94. The Morgan fingerprint density at radius 2 is 1.60 bits per heavy atom. The van der Waals surface area contributed by atoms with Crippen LogP contribution in [0.2, 0.25) is 0 Å². The molecule has 0 saturated heterocycles. The second-order valence-electron chi connectivity index (χ2n) is 4.54. The zero-order valence-corrected chi connectivity index (χ0v) is 10.7. The summed E-state index contributed by atoms with van der Waals surface area (Å²) in [6.45, 7) is 3.59. The maximum atomic E-state index is 12.3. The van der Waals surface area contributed by atoms with Crippen LogP contribution >= 0.6 is 0 Å². The second-order valence-corrected chi connectivity index (χ2v) is 4.54. The monoisotopic (exact) mass is 278 g/mol. The molecule has 0 spiro atoms. The van der Waals surface area contributed by atoms with Crippen molar-refractivity contribution in [3.8, 4) is 12.1 Å². The molecule has 0 bridgehead atoms. The summed E-state index contributed by atoms with van der Waals surface area (Å²) in [4.78, 5) is 0. The van der Waals surface area contributed by atoms with Gasteiger partial charge in [-0.2, -0.15) is 23.7 Å². The van der Waals surface area contributed by atoms with Crippen LogP contribution in [0.5, 0.6) is 0 Å². The highest BCUT2D eigenvalue weighted by atomic mass is 19.4. The molecule has 0 fully saturated rings. The summed E-state index contributed by atoms with van der Waals surface area (Å²) < 4.78 is 36.8. The van der Waals surface area contributed by atoms with Crippen LogP contribution in [0, 0.1) is 28.1 Å². The number of nitriles is 2. The molecule has 2 nitrogen and oxygen atoms in total. The molecule has 0 heterocycles. The third-order valence-corrected chi connectivity index (χ3v) is 2.98. The predicted octanol–water partition coefficient (Wildman–Crippen LogP) is 4.25. The van der Waals surface area contributed by atoms with E-state index in [1.165, 1.54) is 0 Å². The first-order valence-corrected chi connectivity index (χ1v) is 5.95. The van der Waals surface area contributed by atoms with Crippen LogP contribution in [0.1, 0.15) is 24.0 Å². The van der Waals surface area contributed by atoms with Crippen molar-refractivity contribution in [2.45, 2.75) is 25.4 Å². The van der Waals surface area contributed by atoms with E-state index in [4.69, 9.17) is 10.5 Å². The summed E-state index contributed by atoms with van der Waals surface area (Å²) in [5, 5.41) is 18.2. The average Bonchev–Trinajstić information content (AvgIpc) is 2.43. The fraction of sp³-hybridized carbons (Fsp3) is 0.333. The van der Waals surface area contributed by atoms with Gasteiger partial charge in [-0.1, -0.05) is 36.9 Å². The van der Waals surface area contributed by atoms with Gasteiger partial charge in [0.15, 0.2) is 0 Å². The number of hydrogen-bond donors (Lipinski definition) is 0. The highest BCUT2D eigenvalue weighted by Gasteiger charge is 2.37. The summed E-state index contributed by atoms with van der Waals surface area (Å²) in [6.07, 6.45) is -4.42. The van der Waals surface area contributed by atoms with Crippen molar-refractivity contribution in [1.29, 1.82) is 10.5 Å². The van der Waals surface area contributed by atoms with Crippen molar-refractivity contribution >= 4 is 6.08 Å².